The van der Waals surface area contributed by atoms with E-state index in [1.54, 1.807) is 11.3 Å². The number of aromatic nitrogens is 2. The lowest BCUT2D eigenvalue weighted by atomic mass is 9.91. The van der Waals surface area contributed by atoms with Crippen molar-refractivity contribution in [2.75, 3.05) is 26.3 Å². The molecule has 6 nitrogen and oxygen atoms in total. The van der Waals surface area contributed by atoms with Crippen LogP contribution in [0, 0.1) is 32.6 Å². The average Bonchev–Trinajstić information content (AvgIpc) is 3.35. The molecular formula is C19H27N3O3S. The van der Waals surface area contributed by atoms with Gasteiger partial charge in [-0.25, -0.2) is 4.98 Å². The molecule has 0 bridgehead atoms. The van der Waals surface area contributed by atoms with Gasteiger partial charge >= 0.3 is 0 Å². The van der Waals surface area contributed by atoms with Crippen LogP contribution in [0.25, 0.3) is 0 Å². The van der Waals surface area contributed by atoms with E-state index in [-0.39, 0.29) is 0 Å². The van der Waals surface area contributed by atoms with Crippen molar-refractivity contribution in [2.24, 2.45) is 11.8 Å². The maximum atomic E-state index is 6.07. The molecule has 7 heteroatoms. The second-order valence-electron chi connectivity index (χ2n) is 7.49. The second-order valence-corrected chi connectivity index (χ2v) is 8.55. The Kier molecular flexibility index (Phi) is 5.40. The molecule has 0 amide bonds. The minimum absolute atomic E-state index is 0.363. The minimum atomic E-state index is 0.363. The fourth-order valence-electron chi connectivity index (χ4n) is 4.14. The number of thiazole rings is 1. The predicted octanol–water partition coefficient (Wildman–Crippen LogP) is 3.11. The molecule has 0 aliphatic carbocycles. The smallest absolute Gasteiger partial charge is 0.138 e. The quantitative estimate of drug-likeness (QED) is 0.691. The Bertz CT molecular complexity index is 725. The number of fused-ring (bicyclic) bond motifs is 1. The third-order valence-corrected chi connectivity index (χ3v) is 6.45. The highest BCUT2D eigenvalue weighted by molar-refractivity contribution is 7.09. The van der Waals surface area contributed by atoms with Gasteiger partial charge in [-0.1, -0.05) is 5.16 Å². The van der Waals surface area contributed by atoms with Crippen molar-refractivity contribution >= 4 is 11.3 Å². The monoisotopic (exact) mass is 377 g/mol. The van der Waals surface area contributed by atoms with Crippen molar-refractivity contribution in [3.63, 3.8) is 0 Å². The zero-order valence-corrected chi connectivity index (χ0v) is 16.6. The summed E-state index contributed by atoms with van der Waals surface area (Å²) in [4.78, 5) is 6.92. The van der Waals surface area contributed by atoms with Crippen LogP contribution in [0.4, 0.5) is 0 Å². The van der Waals surface area contributed by atoms with Crippen LogP contribution in [0.3, 0.4) is 0 Å². The lowest BCUT2D eigenvalue weighted by Crippen LogP contribution is -2.25. The molecule has 2 aliphatic heterocycles. The Labute approximate surface area is 158 Å². The highest BCUT2D eigenvalue weighted by Gasteiger charge is 2.43. The van der Waals surface area contributed by atoms with Crippen LogP contribution < -0.4 is 0 Å². The maximum Gasteiger partial charge on any atom is 0.138 e. The molecule has 4 rings (SSSR count). The number of ether oxygens (including phenoxy) is 2. The van der Waals surface area contributed by atoms with Crippen LogP contribution in [0.1, 0.15) is 34.1 Å². The summed E-state index contributed by atoms with van der Waals surface area (Å²) in [7, 11) is 0. The fourth-order valence-corrected chi connectivity index (χ4v) is 4.74. The van der Waals surface area contributed by atoms with E-state index < -0.39 is 0 Å². The molecule has 2 aromatic heterocycles. The lowest BCUT2D eigenvalue weighted by Gasteiger charge is -2.19. The highest BCUT2D eigenvalue weighted by Crippen LogP contribution is 2.36. The first-order valence-corrected chi connectivity index (χ1v) is 10.2. The van der Waals surface area contributed by atoms with Crippen LogP contribution in [-0.2, 0) is 22.6 Å². The molecule has 26 heavy (non-hydrogen) atoms. The van der Waals surface area contributed by atoms with Crippen LogP contribution in [0.5, 0.6) is 0 Å². The molecule has 0 unspecified atom stereocenters. The van der Waals surface area contributed by atoms with Crippen LogP contribution in [-0.4, -0.2) is 47.4 Å². The van der Waals surface area contributed by atoms with E-state index in [0.717, 1.165) is 61.4 Å². The summed E-state index contributed by atoms with van der Waals surface area (Å²) < 4.78 is 17.2. The molecule has 0 N–H and O–H groups in total. The highest BCUT2D eigenvalue weighted by atomic mass is 32.1. The summed E-state index contributed by atoms with van der Waals surface area (Å²) in [5.74, 6) is 2.13. The van der Waals surface area contributed by atoms with E-state index in [0.29, 0.717) is 24.5 Å². The van der Waals surface area contributed by atoms with Crippen LogP contribution >= 0.6 is 11.3 Å². The topological polar surface area (TPSA) is 60.6 Å². The van der Waals surface area contributed by atoms with Crippen molar-refractivity contribution in [1.82, 2.24) is 15.0 Å². The second kappa shape index (κ2) is 7.76. The zero-order valence-electron chi connectivity index (χ0n) is 15.7. The minimum Gasteiger partial charge on any atom is -0.376 e. The number of hydrogen-bond donors (Lipinski definition) is 0. The molecule has 2 fully saturated rings. The molecule has 2 saturated heterocycles. The average molecular weight is 378 g/mol. The van der Waals surface area contributed by atoms with Gasteiger partial charge in [0, 0.05) is 43.1 Å². The standard InChI is InChI=1S/C19H27N3O3S/c1-12-17(13(2)25-21-12)6-22-7-18-15(9-24-19(18)8-22)4-5-23-10-16-11-26-14(3)20-16/h11,15,18-19H,4-10H2,1-3H3/t15-,18-,19-/m1/s1. The van der Waals surface area contributed by atoms with Crippen LogP contribution in [0.2, 0.25) is 0 Å². The molecule has 0 spiro atoms. The van der Waals surface area contributed by atoms with E-state index in [4.69, 9.17) is 14.0 Å². The van der Waals surface area contributed by atoms with Gasteiger partial charge in [0.2, 0.25) is 0 Å². The number of nitrogens with zero attached hydrogens (tertiary/aromatic N) is 3. The SMILES string of the molecule is Cc1nc(COCC[C@@H]2CO[C@@H]3CN(Cc4c(C)noc4C)C[C@H]23)cs1. The summed E-state index contributed by atoms with van der Waals surface area (Å²) >= 11 is 1.68. The van der Waals surface area contributed by atoms with E-state index in [2.05, 4.69) is 20.4 Å². The Balaban J connectivity index is 1.24. The molecule has 4 heterocycles. The molecule has 0 radical (unpaired) electrons. The number of hydrogen-bond acceptors (Lipinski definition) is 7. The number of aryl methyl sites for hydroxylation is 3. The van der Waals surface area contributed by atoms with Crippen molar-refractivity contribution in [1.29, 1.82) is 0 Å². The third-order valence-electron chi connectivity index (χ3n) is 5.63. The van der Waals surface area contributed by atoms with E-state index in [1.165, 1.54) is 5.56 Å². The summed E-state index contributed by atoms with van der Waals surface area (Å²) in [6.45, 7) is 11.3. The van der Waals surface area contributed by atoms with E-state index in [1.807, 2.05) is 20.8 Å². The van der Waals surface area contributed by atoms with E-state index in [9.17, 15) is 0 Å². The number of rotatable bonds is 7. The first-order chi connectivity index (χ1) is 12.6. The lowest BCUT2D eigenvalue weighted by molar-refractivity contribution is 0.0811. The molecule has 0 aromatic carbocycles. The predicted molar refractivity (Wildman–Crippen MR) is 99.1 cm³/mol. The van der Waals surface area contributed by atoms with Crippen molar-refractivity contribution in [3.8, 4) is 0 Å². The first kappa shape index (κ1) is 18.1. The molecular weight excluding hydrogens is 350 g/mol. The molecule has 3 atom stereocenters. The van der Waals surface area contributed by atoms with E-state index >= 15 is 0 Å². The van der Waals surface area contributed by atoms with Gasteiger partial charge in [-0.2, -0.15) is 0 Å². The summed E-state index contributed by atoms with van der Waals surface area (Å²) in [6, 6.07) is 0. The summed E-state index contributed by atoms with van der Waals surface area (Å²) in [5.41, 5.74) is 3.27. The molecule has 0 saturated carbocycles. The molecule has 2 aromatic rings. The van der Waals surface area contributed by atoms with Gasteiger partial charge in [0.05, 0.1) is 35.7 Å². The molecule has 142 valence electrons. The Hall–Kier alpha value is -1.28. The largest absolute Gasteiger partial charge is 0.376 e. The Morgan fingerprint density at radius 3 is 2.92 bits per heavy atom. The third kappa shape index (κ3) is 3.86. The number of likely N-dealkylation sites (tertiary alicyclic amines) is 1. The van der Waals surface area contributed by atoms with Gasteiger partial charge in [0.15, 0.2) is 0 Å². The Morgan fingerprint density at radius 1 is 1.31 bits per heavy atom. The summed E-state index contributed by atoms with van der Waals surface area (Å²) in [5, 5.41) is 7.24. The van der Waals surface area contributed by atoms with Gasteiger partial charge in [-0.3, -0.25) is 4.90 Å². The molecule has 2 aliphatic rings. The van der Waals surface area contributed by atoms with Gasteiger partial charge in [-0.05, 0) is 33.1 Å². The van der Waals surface area contributed by atoms with Crippen molar-refractivity contribution < 1.29 is 14.0 Å². The van der Waals surface area contributed by atoms with Crippen LogP contribution in [0.15, 0.2) is 9.90 Å². The van der Waals surface area contributed by atoms with Gasteiger partial charge < -0.3 is 14.0 Å². The first-order valence-electron chi connectivity index (χ1n) is 9.34. The van der Waals surface area contributed by atoms with Crippen molar-refractivity contribution in [2.45, 2.75) is 46.4 Å². The maximum absolute atomic E-state index is 6.07. The van der Waals surface area contributed by atoms with Gasteiger partial charge in [0.1, 0.15) is 5.76 Å². The normalized spacial score (nSPS) is 25.9. The van der Waals surface area contributed by atoms with Crippen molar-refractivity contribution in [3.05, 3.63) is 33.1 Å². The fraction of sp³-hybridized carbons (Fsp3) is 0.684. The van der Waals surface area contributed by atoms with Gasteiger partial charge in [-0.15, -0.1) is 11.3 Å². The Morgan fingerprint density at radius 2 is 2.19 bits per heavy atom. The summed E-state index contributed by atoms with van der Waals surface area (Å²) in [6.07, 6.45) is 1.42. The zero-order chi connectivity index (χ0) is 18.1. The van der Waals surface area contributed by atoms with Gasteiger partial charge in [0.25, 0.3) is 0 Å².